The Balaban J connectivity index is 2.04. The van der Waals surface area contributed by atoms with Crippen LogP contribution in [0.5, 0.6) is 0 Å². The zero-order valence-corrected chi connectivity index (χ0v) is 11.8. The van der Waals surface area contributed by atoms with Crippen LogP contribution in [0.25, 0.3) is 0 Å². The highest BCUT2D eigenvalue weighted by molar-refractivity contribution is 5.76. The van der Waals surface area contributed by atoms with Gasteiger partial charge in [0.2, 0.25) is 5.91 Å². The van der Waals surface area contributed by atoms with Crippen LogP contribution in [0.2, 0.25) is 0 Å². The average molecular weight is 272 g/mol. The highest BCUT2D eigenvalue weighted by Gasteiger charge is 2.22. The third-order valence-corrected chi connectivity index (χ3v) is 3.58. The molecule has 1 heterocycles. The maximum Gasteiger partial charge on any atom is 0.222 e. The Kier molecular flexibility index (Phi) is 4.46. The summed E-state index contributed by atoms with van der Waals surface area (Å²) in [5, 5.41) is 9.19. The number of carbonyl (C=O) groups excluding carboxylic acids is 1. The molecule has 1 aromatic rings. The van der Waals surface area contributed by atoms with Gasteiger partial charge in [-0.05, 0) is 24.6 Å². The minimum absolute atomic E-state index is 0.227. The fourth-order valence-corrected chi connectivity index (χ4v) is 2.49. The number of nitrogen functional groups attached to an aromatic ring is 1. The molecule has 0 aliphatic carbocycles. The lowest BCUT2D eigenvalue weighted by molar-refractivity contribution is -0.131. The summed E-state index contributed by atoms with van der Waals surface area (Å²) in [6, 6.07) is 7.58. The quantitative estimate of drug-likeness (QED) is 0.848. The highest BCUT2D eigenvalue weighted by Crippen LogP contribution is 2.23. The number of hydrogen-bond acceptors (Lipinski definition) is 4. The van der Waals surface area contributed by atoms with Crippen molar-refractivity contribution in [2.24, 2.45) is 0 Å². The summed E-state index contributed by atoms with van der Waals surface area (Å²) in [5.41, 5.74) is 7.81. The summed E-state index contributed by atoms with van der Waals surface area (Å²) in [5.74, 6) is 0.227. The maximum absolute atomic E-state index is 11.8. The van der Waals surface area contributed by atoms with E-state index in [1.807, 2.05) is 24.0 Å². The van der Waals surface area contributed by atoms with E-state index in [0.717, 1.165) is 25.2 Å². The lowest BCUT2D eigenvalue weighted by Gasteiger charge is -2.36. The minimum atomic E-state index is 0.227. The molecule has 0 radical (unpaired) electrons. The molecule has 20 heavy (non-hydrogen) atoms. The number of nitriles is 1. The van der Waals surface area contributed by atoms with E-state index in [0.29, 0.717) is 30.8 Å². The summed E-state index contributed by atoms with van der Waals surface area (Å²) in [7, 11) is 0. The van der Waals surface area contributed by atoms with E-state index in [4.69, 9.17) is 5.73 Å². The van der Waals surface area contributed by atoms with Gasteiger partial charge >= 0.3 is 0 Å². The molecule has 0 aromatic heterocycles. The van der Waals surface area contributed by atoms with Gasteiger partial charge in [0.1, 0.15) is 6.07 Å². The van der Waals surface area contributed by atoms with Crippen molar-refractivity contribution >= 4 is 17.3 Å². The van der Waals surface area contributed by atoms with Gasteiger partial charge in [-0.15, -0.1) is 0 Å². The predicted octanol–water partition coefficient (Wildman–Crippen LogP) is 1.59. The number of carbonyl (C=O) groups is 1. The molecule has 0 bridgehead atoms. The van der Waals surface area contributed by atoms with Crippen LogP contribution in [0.3, 0.4) is 0 Å². The molecule has 5 nitrogen and oxygen atoms in total. The molecule has 1 saturated heterocycles. The molecule has 1 aliphatic heterocycles. The van der Waals surface area contributed by atoms with Gasteiger partial charge in [0.05, 0.1) is 11.3 Å². The third-order valence-electron chi connectivity index (χ3n) is 3.58. The molecule has 1 aromatic carbocycles. The van der Waals surface area contributed by atoms with E-state index in [9.17, 15) is 10.1 Å². The molecule has 0 saturated carbocycles. The number of hydrogen-bond donors (Lipinski definition) is 1. The van der Waals surface area contributed by atoms with Crippen molar-refractivity contribution in [2.45, 2.75) is 19.8 Å². The van der Waals surface area contributed by atoms with Gasteiger partial charge < -0.3 is 15.5 Å². The molecular weight excluding hydrogens is 252 g/mol. The molecule has 2 rings (SSSR count). The van der Waals surface area contributed by atoms with E-state index < -0.39 is 0 Å². The van der Waals surface area contributed by atoms with Crippen LogP contribution in [-0.2, 0) is 4.79 Å². The van der Waals surface area contributed by atoms with E-state index in [1.54, 1.807) is 6.07 Å². The first-order valence-corrected chi connectivity index (χ1v) is 6.98. The van der Waals surface area contributed by atoms with Crippen LogP contribution in [-0.4, -0.2) is 37.0 Å². The van der Waals surface area contributed by atoms with Crippen LogP contribution in [0.1, 0.15) is 25.3 Å². The van der Waals surface area contributed by atoms with E-state index in [-0.39, 0.29) is 5.91 Å². The molecular formula is C15H20N4O. The first-order valence-electron chi connectivity index (χ1n) is 6.98. The van der Waals surface area contributed by atoms with Crippen molar-refractivity contribution in [3.63, 3.8) is 0 Å². The fourth-order valence-electron chi connectivity index (χ4n) is 2.49. The van der Waals surface area contributed by atoms with Crippen molar-refractivity contribution in [2.75, 3.05) is 36.8 Å². The number of benzene rings is 1. The van der Waals surface area contributed by atoms with Gasteiger partial charge in [-0.3, -0.25) is 4.79 Å². The second kappa shape index (κ2) is 6.29. The number of piperazine rings is 1. The zero-order chi connectivity index (χ0) is 14.5. The molecule has 5 heteroatoms. The van der Waals surface area contributed by atoms with Gasteiger partial charge in [-0.1, -0.05) is 6.92 Å². The number of anilines is 2. The van der Waals surface area contributed by atoms with Crippen molar-refractivity contribution in [1.29, 1.82) is 5.26 Å². The number of amides is 1. The molecule has 0 unspecified atom stereocenters. The van der Waals surface area contributed by atoms with Crippen LogP contribution in [0, 0.1) is 11.3 Å². The topological polar surface area (TPSA) is 73.4 Å². The molecule has 1 fully saturated rings. The highest BCUT2D eigenvalue weighted by atomic mass is 16.2. The van der Waals surface area contributed by atoms with Crippen LogP contribution >= 0.6 is 0 Å². The van der Waals surface area contributed by atoms with Gasteiger partial charge in [0.25, 0.3) is 0 Å². The summed E-state index contributed by atoms with van der Waals surface area (Å²) in [4.78, 5) is 15.9. The minimum Gasteiger partial charge on any atom is -0.399 e. The maximum atomic E-state index is 11.8. The Hall–Kier alpha value is -2.22. The number of nitrogens with zero attached hydrogens (tertiary/aromatic N) is 3. The van der Waals surface area contributed by atoms with E-state index in [1.165, 1.54) is 0 Å². The van der Waals surface area contributed by atoms with Gasteiger partial charge in [0, 0.05) is 38.3 Å². The first kappa shape index (κ1) is 14.2. The fraction of sp³-hybridized carbons (Fsp3) is 0.467. The summed E-state index contributed by atoms with van der Waals surface area (Å²) >= 11 is 0. The Morgan fingerprint density at radius 2 is 2.05 bits per heavy atom. The van der Waals surface area contributed by atoms with Crippen LogP contribution in [0.4, 0.5) is 11.4 Å². The Labute approximate surface area is 119 Å². The normalized spacial score (nSPS) is 15.0. The van der Waals surface area contributed by atoms with Crippen molar-refractivity contribution < 1.29 is 4.79 Å². The molecule has 0 atom stereocenters. The Morgan fingerprint density at radius 3 is 2.65 bits per heavy atom. The SMILES string of the molecule is CCCC(=O)N1CCN(c2ccc(N)cc2C#N)CC1. The smallest absolute Gasteiger partial charge is 0.222 e. The Bertz CT molecular complexity index is 527. The second-order valence-electron chi connectivity index (χ2n) is 5.01. The number of nitrogens with two attached hydrogens (primary N) is 1. The second-order valence-corrected chi connectivity index (χ2v) is 5.01. The van der Waals surface area contributed by atoms with Gasteiger partial charge in [-0.25, -0.2) is 0 Å². The van der Waals surface area contributed by atoms with E-state index in [2.05, 4.69) is 11.0 Å². The standard InChI is InChI=1S/C15H20N4O/c1-2-3-15(20)19-8-6-18(7-9-19)14-5-4-13(17)10-12(14)11-16/h4-5,10H,2-3,6-9,17H2,1H3. The predicted molar refractivity (Wildman–Crippen MR) is 79.3 cm³/mol. The molecule has 2 N–H and O–H groups in total. The monoisotopic (exact) mass is 272 g/mol. The van der Waals surface area contributed by atoms with Crippen molar-refractivity contribution in [3.8, 4) is 6.07 Å². The van der Waals surface area contributed by atoms with Crippen molar-refractivity contribution in [1.82, 2.24) is 4.90 Å². The molecule has 0 spiro atoms. The van der Waals surface area contributed by atoms with Crippen molar-refractivity contribution in [3.05, 3.63) is 23.8 Å². The summed E-state index contributed by atoms with van der Waals surface area (Å²) < 4.78 is 0. The Morgan fingerprint density at radius 1 is 1.35 bits per heavy atom. The molecule has 106 valence electrons. The van der Waals surface area contributed by atoms with Gasteiger partial charge in [0.15, 0.2) is 0 Å². The lowest BCUT2D eigenvalue weighted by atomic mass is 10.1. The molecule has 1 amide bonds. The summed E-state index contributed by atoms with van der Waals surface area (Å²) in [6.45, 7) is 4.96. The summed E-state index contributed by atoms with van der Waals surface area (Å²) in [6.07, 6.45) is 1.50. The first-order chi connectivity index (χ1) is 9.65. The average Bonchev–Trinajstić information content (AvgIpc) is 2.47. The van der Waals surface area contributed by atoms with E-state index >= 15 is 0 Å². The lowest BCUT2D eigenvalue weighted by Crippen LogP contribution is -2.48. The van der Waals surface area contributed by atoms with Crippen LogP contribution in [0.15, 0.2) is 18.2 Å². The largest absolute Gasteiger partial charge is 0.399 e. The zero-order valence-electron chi connectivity index (χ0n) is 11.8. The van der Waals surface area contributed by atoms with Crippen LogP contribution < -0.4 is 10.6 Å². The number of rotatable bonds is 3. The third kappa shape index (κ3) is 3.02. The van der Waals surface area contributed by atoms with Gasteiger partial charge in [-0.2, -0.15) is 5.26 Å². The molecule has 1 aliphatic rings.